The molecule has 168 valence electrons. The molecule has 0 saturated heterocycles. The predicted octanol–water partition coefficient (Wildman–Crippen LogP) is 3.77. The number of hydrogen-bond acceptors (Lipinski definition) is 7. The summed E-state index contributed by atoms with van der Waals surface area (Å²) in [4.78, 5) is 47.4. The van der Waals surface area contributed by atoms with Crippen molar-refractivity contribution < 1.29 is 28.5 Å². The molecule has 3 rings (SSSR count). The van der Waals surface area contributed by atoms with Gasteiger partial charge in [-0.1, -0.05) is 0 Å². The Morgan fingerprint density at radius 1 is 1.06 bits per heavy atom. The first-order valence-electron chi connectivity index (χ1n) is 9.77. The fraction of sp³-hybridized carbons (Fsp3) is 0.0870. The van der Waals surface area contributed by atoms with Crippen LogP contribution < -0.4 is 10.6 Å². The van der Waals surface area contributed by atoms with Crippen molar-refractivity contribution in [1.82, 2.24) is 5.32 Å². The second kappa shape index (κ2) is 10.5. The fourth-order valence-corrected chi connectivity index (χ4v) is 2.71. The number of nitrogens with zero attached hydrogens (tertiary/aromatic N) is 1. The third kappa shape index (κ3) is 6.14. The average Bonchev–Trinajstić information content (AvgIpc) is 3.35. The van der Waals surface area contributed by atoms with Crippen LogP contribution in [0.4, 0.5) is 11.4 Å². The molecule has 10 heteroatoms. The zero-order valence-electron chi connectivity index (χ0n) is 17.4. The highest BCUT2D eigenvalue weighted by molar-refractivity contribution is 6.10. The van der Waals surface area contributed by atoms with Crippen LogP contribution in [0.2, 0.25) is 0 Å². The van der Waals surface area contributed by atoms with Gasteiger partial charge in [0.05, 0.1) is 23.4 Å². The highest BCUT2D eigenvalue weighted by Gasteiger charge is 2.17. The van der Waals surface area contributed by atoms with Crippen LogP contribution in [-0.4, -0.2) is 29.3 Å². The number of amides is 2. The zero-order chi connectivity index (χ0) is 23.8. The van der Waals surface area contributed by atoms with Crippen molar-refractivity contribution in [3.8, 4) is 0 Å². The lowest BCUT2D eigenvalue weighted by molar-refractivity contribution is -0.384. The molecule has 1 aromatic heterocycles. The van der Waals surface area contributed by atoms with E-state index in [-0.39, 0.29) is 23.8 Å². The van der Waals surface area contributed by atoms with Gasteiger partial charge in [-0.25, -0.2) is 4.79 Å². The van der Waals surface area contributed by atoms with Gasteiger partial charge < -0.3 is 19.8 Å². The van der Waals surface area contributed by atoms with Crippen molar-refractivity contribution in [3.05, 3.63) is 99.6 Å². The first-order valence-corrected chi connectivity index (χ1v) is 9.77. The number of non-ortho nitro benzene ring substituents is 1. The third-order valence-corrected chi connectivity index (χ3v) is 4.31. The molecule has 3 aromatic rings. The quantitative estimate of drug-likeness (QED) is 0.231. The third-order valence-electron chi connectivity index (χ3n) is 4.31. The van der Waals surface area contributed by atoms with Gasteiger partial charge in [0.15, 0.2) is 5.76 Å². The van der Waals surface area contributed by atoms with Gasteiger partial charge in [-0.15, -0.1) is 0 Å². The number of nitro groups is 1. The number of rotatable bonds is 8. The molecular weight excluding hydrogens is 430 g/mol. The standard InChI is InChI=1S/C23H19N3O7/c1-2-32-23(29)16-7-9-17(10-8-16)24-21(27)19(25-22(28)20-4-3-13-33-20)14-15-5-11-18(12-6-15)26(30)31/h3-14H,2H2,1H3,(H,24,27)(H,25,28)/b19-14+. The fourth-order valence-electron chi connectivity index (χ4n) is 2.71. The van der Waals surface area contributed by atoms with Crippen LogP contribution in [0, 0.1) is 10.1 Å². The van der Waals surface area contributed by atoms with Crippen LogP contribution in [-0.2, 0) is 9.53 Å². The van der Waals surface area contributed by atoms with E-state index >= 15 is 0 Å². The minimum Gasteiger partial charge on any atom is -0.462 e. The molecular formula is C23H19N3O7. The summed E-state index contributed by atoms with van der Waals surface area (Å²) in [6.07, 6.45) is 2.69. The van der Waals surface area contributed by atoms with E-state index in [0.717, 1.165) is 0 Å². The van der Waals surface area contributed by atoms with E-state index in [4.69, 9.17) is 9.15 Å². The average molecular weight is 449 g/mol. The molecule has 0 atom stereocenters. The number of carbonyl (C=O) groups excluding carboxylic acids is 3. The van der Waals surface area contributed by atoms with E-state index in [2.05, 4.69) is 10.6 Å². The van der Waals surface area contributed by atoms with Gasteiger partial charge in [-0.2, -0.15) is 0 Å². The van der Waals surface area contributed by atoms with Crippen LogP contribution in [0.15, 0.2) is 77.0 Å². The van der Waals surface area contributed by atoms with Crippen molar-refractivity contribution in [2.24, 2.45) is 0 Å². The highest BCUT2D eigenvalue weighted by atomic mass is 16.6. The number of ether oxygens (including phenoxy) is 1. The maximum atomic E-state index is 12.9. The smallest absolute Gasteiger partial charge is 0.338 e. The minimum atomic E-state index is -0.655. The molecule has 33 heavy (non-hydrogen) atoms. The summed E-state index contributed by atoms with van der Waals surface area (Å²) in [6.45, 7) is 1.94. The maximum Gasteiger partial charge on any atom is 0.338 e. The monoisotopic (exact) mass is 449 g/mol. The summed E-state index contributed by atoms with van der Waals surface area (Å²) in [5.41, 5.74) is 0.903. The van der Waals surface area contributed by atoms with Crippen LogP contribution in [0.25, 0.3) is 6.08 Å². The molecule has 2 aromatic carbocycles. The first kappa shape index (κ1) is 22.9. The van der Waals surface area contributed by atoms with Crippen molar-refractivity contribution in [3.63, 3.8) is 0 Å². The van der Waals surface area contributed by atoms with E-state index < -0.39 is 22.7 Å². The Bertz CT molecular complexity index is 1180. The summed E-state index contributed by atoms with van der Waals surface area (Å²) >= 11 is 0. The van der Waals surface area contributed by atoms with Gasteiger partial charge in [0.2, 0.25) is 0 Å². The minimum absolute atomic E-state index is 0.00353. The van der Waals surface area contributed by atoms with Crippen LogP contribution >= 0.6 is 0 Å². The lowest BCUT2D eigenvalue weighted by Gasteiger charge is -2.11. The first-order chi connectivity index (χ1) is 15.9. The molecule has 0 fully saturated rings. The molecule has 0 spiro atoms. The van der Waals surface area contributed by atoms with Crippen LogP contribution in [0.3, 0.4) is 0 Å². The van der Waals surface area contributed by atoms with E-state index in [1.54, 1.807) is 6.92 Å². The molecule has 0 bridgehead atoms. The van der Waals surface area contributed by atoms with Gasteiger partial charge in [0, 0.05) is 17.8 Å². The SMILES string of the molecule is CCOC(=O)c1ccc(NC(=O)/C(=C\c2ccc([N+](=O)[O-])cc2)NC(=O)c2ccco2)cc1. The molecule has 0 saturated carbocycles. The highest BCUT2D eigenvalue weighted by Crippen LogP contribution is 2.16. The van der Waals surface area contributed by atoms with E-state index in [1.165, 1.54) is 73.0 Å². The Kier molecular flexibility index (Phi) is 7.32. The Balaban J connectivity index is 1.83. The largest absolute Gasteiger partial charge is 0.462 e. The Morgan fingerprint density at radius 2 is 1.76 bits per heavy atom. The maximum absolute atomic E-state index is 12.9. The zero-order valence-corrected chi connectivity index (χ0v) is 17.4. The number of nitrogens with one attached hydrogen (secondary N) is 2. The van der Waals surface area contributed by atoms with Crippen molar-refractivity contribution in [1.29, 1.82) is 0 Å². The molecule has 0 aliphatic carbocycles. The lowest BCUT2D eigenvalue weighted by Crippen LogP contribution is -2.30. The van der Waals surface area contributed by atoms with Gasteiger partial charge in [-0.3, -0.25) is 19.7 Å². The van der Waals surface area contributed by atoms with Gasteiger partial charge in [0.1, 0.15) is 5.70 Å². The summed E-state index contributed by atoms with van der Waals surface area (Å²) in [5.74, 6) is -1.80. The lowest BCUT2D eigenvalue weighted by atomic mass is 10.1. The normalized spacial score (nSPS) is 10.9. The van der Waals surface area contributed by atoms with E-state index in [1.807, 2.05) is 0 Å². The summed E-state index contributed by atoms with van der Waals surface area (Å²) in [7, 11) is 0. The van der Waals surface area contributed by atoms with E-state index in [9.17, 15) is 24.5 Å². The molecule has 1 heterocycles. The second-order valence-corrected chi connectivity index (χ2v) is 6.59. The predicted molar refractivity (Wildman–Crippen MR) is 118 cm³/mol. The van der Waals surface area contributed by atoms with Gasteiger partial charge in [0.25, 0.3) is 17.5 Å². The number of anilines is 1. The Labute approximate surface area is 188 Å². The number of esters is 1. The molecule has 2 amide bonds. The van der Waals surface area contributed by atoms with Crippen molar-refractivity contribution >= 4 is 35.2 Å². The number of furan rings is 1. The molecule has 0 radical (unpaired) electrons. The molecule has 2 N–H and O–H groups in total. The van der Waals surface area contributed by atoms with Gasteiger partial charge >= 0.3 is 5.97 Å². The second-order valence-electron chi connectivity index (χ2n) is 6.59. The Hall–Kier alpha value is -4.73. The number of nitro benzene ring substituents is 1. The molecule has 0 unspecified atom stereocenters. The number of carbonyl (C=O) groups is 3. The topological polar surface area (TPSA) is 141 Å². The Morgan fingerprint density at radius 3 is 2.33 bits per heavy atom. The van der Waals surface area contributed by atoms with Crippen molar-refractivity contribution in [2.45, 2.75) is 6.92 Å². The van der Waals surface area contributed by atoms with E-state index in [0.29, 0.717) is 16.8 Å². The van der Waals surface area contributed by atoms with Gasteiger partial charge in [-0.05, 0) is 67.1 Å². The molecule has 0 aliphatic rings. The summed E-state index contributed by atoms with van der Waals surface area (Å²) in [6, 6.07) is 14.4. The summed E-state index contributed by atoms with van der Waals surface area (Å²) < 4.78 is 9.97. The van der Waals surface area contributed by atoms with Crippen LogP contribution in [0.5, 0.6) is 0 Å². The number of hydrogen-bond donors (Lipinski definition) is 2. The number of benzene rings is 2. The molecule has 10 nitrogen and oxygen atoms in total. The van der Waals surface area contributed by atoms with Crippen molar-refractivity contribution in [2.75, 3.05) is 11.9 Å². The summed E-state index contributed by atoms with van der Waals surface area (Å²) in [5, 5.41) is 16.0. The molecule has 0 aliphatic heterocycles. The van der Waals surface area contributed by atoms with Crippen LogP contribution in [0.1, 0.15) is 33.4 Å².